The molecule has 0 bridgehead atoms. The number of hydrogen-bond acceptors (Lipinski definition) is 5. The fourth-order valence-electron chi connectivity index (χ4n) is 1.62. The molecule has 0 saturated carbocycles. The van der Waals surface area contributed by atoms with Crippen LogP contribution in [0.15, 0.2) is 34.4 Å². The number of methoxy groups -OCH3 is 1. The van der Waals surface area contributed by atoms with Crippen molar-refractivity contribution in [3.63, 3.8) is 0 Å². The third kappa shape index (κ3) is 4.54. The van der Waals surface area contributed by atoms with Crippen molar-refractivity contribution in [2.75, 3.05) is 7.11 Å². The van der Waals surface area contributed by atoms with Crippen LogP contribution in [0.5, 0.6) is 0 Å². The maximum atomic E-state index is 14.0. The summed E-state index contributed by atoms with van der Waals surface area (Å²) in [6.45, 7) is 0.356. The number of hydrogen-bond donors (Lipinski definition) is 2. The lowest BCUT2D eigenvalue weighted by Crippen LogP contribution is -2.22. The molecule has 0 aliphatic carbocycles. The molecule has 8 nitrogen and oxygen atoms in total. The van der Waals surface area contributed by atoms with Crippen LogP contribution in [0.1, 0.15) is 5.69 Å². The number of thiocarbonyl (C=S) groups is 1. The summed E-state index contributed by atoms with van der Waals surface area (Å²) in [6, 6.07) is 4.46. The maximum absolute atomic E-state index is 14.0. The third-order valence-corrected chi connectivity index (χ3v) is 3.00. The van der Waals surface area contributed by atoms with Gasteiger partial charge in [-0.05, 0) is 24.4 Å². The summed E-state index contributed by atoms with van der Waals surface area (Å²) in [6.07, 6.45) is 3.88. The van der Waals surface area contributed by atoms with Gasteiger partial charge in [0.25, 0.3) is 5.17 Å². The SMILES string of the molecule is COC(=S)NCc1cn(-c2ccc(N=CN=CN)c(F)c2)nn1. The molecule has 23 heavy (non-hydrogen) atoms. The molecule has 2 rings (SSSR count). The minimum Gasteiger partial charge on any atom is -0.474 e. The second kappa shape index (κ2) is 7.94. The molecule has 2 aromatic rings. The first-order chi connectivity index (χ1) is 11.1. The number of benzene rings is 1. The van der Waals surface area contributed by atoms with E-state index in [0.29, 0.717) is 17.9 Å². The van der Waals surface area contributed by atoms with Crippen molar-refractivity contribution in [1.29, 1.82) is 0 Å². The molecule has 120 valence electrons. The highest BCUT2D eigenvalue weighted by molar-refractivity contribution is 7.80. The molecule has 3 N–H and O–H groups in total. The van der Waals surface area contributed by atoms with Crippen molar-refractivity contribution in [3.8, 4) is 5.69 Å². The smallest absolute Gasteiger partial charge is 0.256 e. The van der Waals surface area contributed by atoms with E-state index in [1.807, 2.05) is 0 Å². The van der Waals surface area contributed by atoms with Crippen LogP contribution >= 0.6 is 12.2 Å². The highest BCUT2D eigenvalue weighted by Crippen LogP contribution is 2.20. The zero-order valence-corrected chi connectivity index (χ0v) is 13.0. The van der Waals surface area contributed by atoms with E-state index in [-0.39, 0.29) is 10.9 Å². The van der Waals surface area contributed by atoms with E-state index >= 15 is 0 Å². The van der Waals surface area contributed by atoms with Crippen molar-refractivity contribution in [2.45, 2.75) is 6.54 Å². The Bertz CT molecular complexity index is 744. The Morgan fingerprint density at radius 1 is 1.57 bits per heavy atom. The lowest BCUT2D eigenvalue weighted by Gasteiger charge is -2.03. The van der Waals surface area contributed by atoms with Gasteiger partial charge in [-0.1, -0.05) is 5.21 Å². The number of halogens is 1. The monoisotopic (exact) mass is 335 g/mol. The molecule has 0 fully saturated rings. The Balaban J connectivity index is 2.12. The van der Waals surface area contributed by atoms with Crippen LogP contribution in [0.4, 0.5) is 10.1 Å². The van der Waals surface area contributed by atoms with Gasteiger partial charge in [0.1, 0.15) is 17.7 Å². The Morgan fingerprint density at radius 3 is 3.09 bits per heavy atom. The first-order valence-corrected chi connectivity index (χ1v) is 6.83. The molecule has 0 unspecified atom stereocenters. The molecular weight excluding hydrogens is 321 g/mol. The summed E-state index contributed by atoms with van der Waals surface area (Å²) in [7, 11) is 1.47. The Hall–Kier alpha value is -2.88. The molecule has 0 aliphatic heterocycles. The molecule has 0 radical (unpaired) electrons. The Kier molecular flexibility index (Phi) is 5.69. The summed E-state index contributed by atoms with van der Waals surface area (Å²) < 4.78 is 20.2. The van der Waals surface area contributed by atoms with Gasteiger partial charge < -0.3 is 15.8 Å². The number of nitrogens with two attached hydrogens (primary N) is 1. The number of aliphatic imine (C=N–C) groups is 2. The van der Waals surface area contributed by atoms with Gasteiger partial charge in [0.05, 0.1) is 31.9 Å². The second-order valence-electron chi connectivity index (χ2n) is 4.18. The predicted molar refractivity (Wildman–Crippen MR) is 88.6 cm³/mol. The lowest BCUT2D eigenvalue weighted by molar-refractivity contribution is 0.392. The van der Waals surface area contributed by atoms with Crippen LogP contribution in [0.2, 0.25) is 0 Å². The first-order valence-electron chi connectivity index (χ1n) is 6.43. The van der Waals surface area contributed by atoms with Gasteiger partial charge >= 0.3 is 0 Å². The average Bonchev–Trinajstić information content (AvgIpc) is 3.03. The van der Waals surface area contributed by atoms with Gasteiger partial charge in [-0.25, -0.2) is 19.1 Å². The summed E-state index contributed by atoms with van der Waals surface area (Å²) in [5.41, 5.74) is 6.35. The van der Waals surface area contributed by atoms with Crippen molar-refractivity contribution < 1.29 is 9.13 Å². The Labute approximate surface area is 136 Å². The summed E-state index contributed by atoms with van der Waals surface area (Å²) in [5.74, 6) is -0.512. The highest BCUT2D eigenvalue weighted by Gasteiger charge is 2.07. The van der Waals surface area contributed by atoms with Crippen LogP contribution in [0.25, 0.3) is 5.69 Å². The number of nitrogens with zero attached hydrogens (tertiary/aromatic N) is 5. The van der Waals surface area contributed by atoms with Gasteiger partial charge in [0, 0.05) is 6.07 Å². The quantitative estimate of drug-likeness (QED) is 0.481. The van der Waals surface area contributed by atoms with Crippen molar-refractivity contribution >= 4 is 35.8 Å². The van der Waals surface area contributed by atoms with Crippen LogP contribution in [0.3, 0.4) is 0 Å². The Morgan fingerprint density at radius 2 is 2.39 bits per heavy atom. The molecule has 1 aromatic carbocycles. The summed E-state index contributed by atoms with van der Waals surface area (Å²) in [4.78, 5) is 7.41. The second-order valence-corrected chi connectivity index (χ2v) is 4.55. The largest absolute Gasteiger partial charge is 0.474 e. The minimum atomic E-state index is -0.512. The van der Waals surface area contributed by atoms with E-state index in [9.17, 15) is 4.39 Å². The topological polar surface area (TPSA) is 103 Å². The molecule has 0 aliphatic rings. The van der Waals surface area contributed by atoms with Crippen LogP contribution < -0.4 is 11.1 Å². The van der Waals surface area contributed by atoms with Gasteiger partial charge in [0.15, 0.2) is 5.82 Å². The molecule has 0 spiro atoms. The van der Waals surface area contributed by atoms with Crippen LogP contribution in [0, 0.1) is 5.82 Å². The third-order valence-electron chi connectivity index (χ3n) is 2.69. The number of aromatic nitrogens is 3. The minimum absolute atomic E-state index is 0.145. The predicted octanol–water partition coefficient (Wildman–Crippen LogP) is 1.07. The molecule has 10 heteroatoms. The number of ether oxygens (including phenoxy) is 1. The average molecular weight is 335 g/mol. The summed E-state index contributed by atoms with van der Waals surface area (Å²) in [5, 5.41) is 11.0. The van der Waals surface area contributed by atoms with Crippen molar-refractivity contribution in [3.05, 3.63) is 35.9 Å². The standard InChI is InChI=1S/C13H14FN7OS/c1-22-13(23)17-5-9-6-21(20-19-9)10-2-3-12(11(14)4-10)18-8-16-7-15/h2-4,6-8H,5H2,1H3,(H,17,23)(H2,15,16,18). The van der Waals surface area contributed by atoms with Crippen molar-refractivity contribution in [1.82, 2.24) is 20.3 Å². The fourth-order valence-corrected chi connectivity index (χ4v) is 1.69. The van der Waals surface area contributed by atoms with E-state index in [4.69, 9.17) is 22.7 Å². The molecule has 1 heterocycles. The van der Waals surface area contributed by atoms with Crippen LogP contribution in [-0.4, -0.2) is 40.0 Å². The van der Waals surface area contributed by atoms with Gasteiger partial charge in [-0.15, -0.1) is 5.10 Å². The van der Waals surface area contributed by atoms with E-state index in [1.54, 1.807) is 12.3 Å². The van der Waals surface area contributed by atoms with E-state index in [1.165, 1.54) is 23.9 Å². The molecular formula is C13H14FN7OS. The van der Waals surface area contributed by atoms with Gasteiger partial charge in [0.2, 0.25) is 0 Å². The zero-order valence-electron chi connectivity index (χ0n) is 12.2. The number of rotatable bonds is 5. The lowest BCUT2D eigenvalue weighted by atomic mass is 10.2. The normalized spacial score (nSPS) is 11.2. The molecule has 0 amide bonds. The number of nitrogens with one attached hydrogen (secondary N) is 1. The van der Waals surface area contributed by atoms with Gasteiger partial charge in [-0.3, -0.25) is 0 Å². The van der Waals surface area contributed by atoms with Crippen LogP contribution in [-0.2, 0) is 11.3 Å². The van der Waals surface area contributed by atoms with E-state index < -0.39 is 5.82 Å². The zero-order chi connectivity index (χ0) is 16.7. The van der Waals surface area contributed by atoms with E-state index in [0.717, 1.165) is 12.7 Å². The van der Waals surface area contributed by atoms with E-state index in [2.05, 4.69) is 25.6 Å². The molecule has 0 atom stereocenters. The first kappa shape index (κ1) is 16.5. The van der Waals surface area contributed by atoms with Crippen molar-refractivity contribution in [2.24, 2.45) is 15.7 Å². The molecule has 1 aromatic heterocycles. The summed E-state index contributed by atoms with van der Waals surface area (Å²) >= 11 is 4.86. The maximum Gasteiger partial charge on any atom is 0.256 e. The highest BCUT2D eigenvalue weighted by atomic mass is 32.1. The fraction of sp³-hybridized carbons (Fsp3) is 0.154. The molecule has 0 saturated heterocycles. The van der Waals surface area contributed by atoms with Gasteiger partial charge in [-0.2, -0.15) is 0 Å².